The fraction of sp³-hybridized carbons (Fsp3) is 0.520. The molecule has 1 atom stereocenters. The quantitative estimate of drug-likeness (QED) is 0.738. The number of nitrogens with one attached hydrogen (secondary N) is 1. The summed E-state index contributed by atoms with van der Waals surface area (Å²) in [6.45, 7) is 4.34. The second-order valence-electron chi connectivity index (χ2n) is 8.58. The number of carbonyl (C=O) groups is 1. The van der Waals surface area contributed by atoms with Gasteiger partial charge in [-0.2, -0.15) is 0 Å². The number of methoxy groups -OCH3 is 1. The van der Waals surface area contributed by atoms with Crippen molar-refractivity contribution in [2.45, 2.75) is 38.1 Å². The number of aromatic nitrogens is 1. The smallest absolute Gasteiger partial charge is 0.223 e. The van der Waals surface area contributed by atoms with Gasteiger partial charge in [-0.25, -0.2) is 0 Å². The molecule has 31 heavy (non-hydrogen) atoms. The number of para-hydroxylation sites is 2. The van der Waals surface area contributed by atoms with Crippen molar-refractivity contribution in [2.75, 3.05) is 44.7 Å². The number of hydrogen-bond acceptors (Lipinski definition) is 5. The molecule has 0 unspecified atom stereocenters. The number of pyridine rings is 1. The number of benzene rings is 1. The molecule has 2 aliphatic rings. The van der Waals surface area contributed by atoms with Crippen LogP contribution in [-0.4, -0.2) is 55.6 Å². The second-order valence-corrected chi connectivity index (χ2v) is 8.58. The lowest BCUT2D eigenvalue weighted by atomic mass is 9.88. The maximum absolute atomic E-state index is 12.8. The number of anilines is 1. The Balaban J connectivity index is 1.41. The largest absolute Gasteiger partial charge is 0.495 e. The van der Waals surface area contributed by atoms with Crippen molar-refractivity contribution in [1.29, 1.82) is 0 Å². The number of nitrogens with zero attached hydrogens (tertiary/aromatic N) is 3. The molecule has 1 saturated carbocycles. The Hall–Kier alpha value is -2.60. The van der Waals surface area contributed by atoms with Gasteiger partial charge in [0.25, 0.3) is 0 Å². The molecule has 1 amide bonds. The van der Waals surface area contributed by atoms with E-state index in [9.17, 15) is 4.79 Å². The van der Waals surface area contributed by atoms with E-state index in [1.807, 2.05) is 24.4 Å². The molecule has 1 aromatic heterocycles. The summed E-state index contributed by atoms with van der Waals surface area (Å²) in [7, 11) is 1.72. The molecule has 1 aliphatic carbocycles. The standard InChI is InChI=1S/C25H34N4O2/c1-31-24-12-6-5-11-22(24)28-14-16-29(17-15-28)23(21-10-7-13-26-18-21)19-27-25(30)20-8-3-2-4-9-20/h5-7,10-13,18,20,23H,2-4,8-9,14-17,19H2,1H3,(H,27,30)/t23-/m0/s1. The molecule has 2 heterocycles. The van der Waals surface area contributed by atoms with E-state index in [2.05, 4.69) is 38.3 Å². The number of rotatable bonds is 7. The zero-order valence-electron chi connectivity index (χ0n) is 18.5. The van der Waals surface area contributed by atoms with Crippen LogP contribution in [0.4, 0.5) is 5.69 Å². The highest BCUT2D eigenvalue weighted by molar-refractivity contribution is 5.78. The van der Waals surface area contributed by atoms with Crippen LogP contribution in [0.25, 0.3) is 0 Å². The molecule has 6 nitrogen and oxygen atoms in total. The normalized spacial score (nSPS) is 19.1. The highest BCUT2D eigenvalue weighted by atomic mass is 16.5. The van der Waals surface area contributed by atoms with Crippen molar-refractivity contribution in [3.8, 4) is 5.75 Å². The molecular weight excluding hydrogens is 388 g/mol. The topological polar surface area (TPSA) is 57.7 Å². The van der Waals surface area contributed by atoms with E-state index in [0.29, 0.717) is 6.54 Å². The van der Waals surface area contributed by atoms with Gasteiger partial charge in [0.2, 0.25) is 5.91 Å². The van der Waals surface area contributed by atoms with Crippen LogP contribution in [0.15, 0.2) is 48.8 Å². The van der Waals surface area contributed by atoms with E-state index in [-0.39, 0.29) is 17.9 Å². The van der Waals surface area contributed by atoms with Crippen LogP contribution in [0.5, 0.6) is 5.75 Å². The predicted molar refractivity (Wildman–Crippen MR) is 123 cm³/mol. The third-order valence-electron chi connectivity index (χ3n) is 6.70. The summed E-state index contributed by atoms with van der Waals surface area (Å²) in [4.78, 5) is 22.0. The van der Waals surface area contributed by atoms with E-state index in [1.54, 1.807) is 13.3 Å². The summed E-state index contributed by atoms with van der Waals surface area (Å²) in [5.41, 5.74) is 2.31. The first-order chi connectivity index (χ1) is 15.3. The lowest BCUT2D eigenvalue weighted by molar-refractivity contribution is -0.126. The summed E-state index contributed by atoms with van der Waals surface area (Å²) >= 11 is 0. The van der Waals surface area contributed by atoms with Crippen LogP contribution >= 0.6 is 0 Å². The Morgan fingerprint density at radius 1 is 1.10 bits per heavy atom. The molecule has 0 bridgehead atoms. The Morgan fingerprint density at radius 2 is 1.87 bits per heavy atom. The first kappa shape index (κ1) is 21.6. The minimum absolute atomic E-state index is 0.140. The maximum Gasteiger partial charge on any atom is 0.223 e. The molecule has 2 aromatic rings. The van der Waals surface area contributed by atoms with Gasteiger partial charge in [-0.1, -0.05) is 37.5 Å². The molecular formula is C25H34N4O2. The van der Waals surface area contributed by atoms with Crippen molar-refractivity contribution in [3.63, 3.8) is 0 Å². The zero-order chi connectivity index (χ0) is 21.5. The van der Waals surface area contributed by atoms with Crippen LogP contribution in [0.3, 0.4) is 0 Å². The average Bonchev–Trinajstić information content (AvgIpc) is 2.85. The van der Waals surface area contributed by atoms with Gasteiger partial charge in [-0.3, -0.25) is 14.7 Å². The van der Waals surface area contributed by atoms with Crippen LogP contribution in [0.2, 0.25) is 0 Å². The lowest BCUT2D eigenvalue weighted by Gasteiger charge is -2.40. The van der Waals surface area contributed by atoms with Gasteiger partial charge in [0, 0.05) is 51.0 Å². The van der Waals surface area contributed by atoms with Gasteiger partial charge in [0.1, 0.15) is 5.75 Å². The highest BCUT2D eigenvalue weighted by Crippen LogP contribution is 2.30. The molecule has 1 saturated heterocycles. The van der Waals surface area contributed by atoms with Gasteiger partial charge in [-0.05, 0) is 36.6 Å². The number of carbonyl (C=O) groups excluding carboxylic acids is 1. The molecule has 1 aliphatic heterocycles. The van der Waals surface area contributed by atoms with Crippen molar-refractivity contribution < 1.29 is 9.53 Å². The van der Waals surface area contributed by atoms with Crippen LogP contribution in [-0.2, 0) is 4.79 Å². The summed E-state index contributed by atoms with van der Waals surface area (Å²) in [5.74, 6) is 1.33. The third kappa shape index (κ3) is 5.37. The summed E-state index contributed by atoms with van der Waals surface area (Å²) in [5, 5.41) is 3.27. The van der Waals surface area contributed by atoms with Gasteiger partial charge in [0.15, 0.2) is 0 Å². The molecule has 166 valence electrons. The van der Waals surface area contributed by atoms with E-state index in [0.717, 1.165) is 56.0 Å². The van der Waals surface area contributed by atoms with Gasteiger partial charge >= 0.3 is 0 Å². The Kier molecular flexibility index (Phi) is 7.41. The summed E-state index contributed by atoms with van der Waals surface area (Å²) in [6.07, 6.45) is 9.41. The molecule has 6 heteroatoms. The number of hydrogen-bond donors (Lipinski definition) is 1. The summed E-state index contributed by atoms with van der Waals surface area (Å²) < 4.78 is 5.55. The lowest BCUT2D eigenvalue weighted by Crippen LogP contribution is -2.50. The first-order valence-corrected chi connectivity index (χ1v) is 11.6. The Labute approximate surface area is 185 Å². The van der Waals surface area contributed by atoms with Crippen molar-refractivity contribution in [1.82, 2.24) is 15.2 Å². The van der Waals surface area contributed by atoms with Crippen molar-refractivity contribution in [3.05, 3.63) is 54.4 Å². The molecule has 1 N–H and O–H groups in total. The maximum atomic E-state index is 12.8. The van der Waals surface area contributed by atoms with Crippen molar-refractivity contribution in [2.24, 2.45) is 5.92 Å². The van der Waals surface area contributed by atoms with Crippen LogP contribution in [0, 0.1) is 5.92 Å². The van der Waals surface area contributed by atoms with Gasteiger partial charge < -0.3 is 15.0 Å². The Morgan fingerprint density at radius 3 is 2.58 bits per heavy atom. The molecule has 0 spiro atoms. The molecule has 2 fully saturated rings. The molecule has 4 rings (SSSR count). The molecule has 0 radical (unpaired) electrons. The van der Waals surface area contributed by atoms with Gasteiger partial charge in [0.05, 0.1) is 18.8 Å². The van der Waals surface area contributed by atoms with E-state index in [4.69, 9.17) is 4.74 Å². The summed E-state index contributed by atoms with van der Waals surface area (Å²) in [6, 6.07) is 12.4. The van der Waals surface area contributed by atoms with Crippen LogP contribution < -0.4 is 15.0 Å². The van der Waals surface area contributed by atoms with E-state index >= 15 is 0 Å². The second kappa shape index (κ2) is 10.6. The van der Waals surface area contributed by atoms with E-state index in [1.165, 1.54) is 19.3 Å². The first-order valence-electron chi connectivity index (χ1n) is 11.6. The number of amides is 1. The average molecular weight is 423 g/mol. The monoisotopic (exact) mass is 422 g/mol. The highest BCUT2D eigenvalue weighted by Gasteiger charge is 2.28. The minimum atomic E-state index is 0.140. The fourth-order valence-electron chi connectivity index (χ4n) is 4.90. The minimum Gasteiger partial charge on any atom is -0.495 e. The number of piperazine rings is 1. The Bertz CT molecular complexity index is 830. The zero-order valence-corrected chi connectivity index (χ0v) is 18.5. The number of ether oxygens (including phenoxy) is 1. The fourth-order valence-corrected chi connectivity index (χ4v) is 4.90. The third-order valence-corrected chi connectivity index (χ3v) is 6.70. The molecule has 1 aromatic carbocycles. The predicted octanol–water partition coefficient (Wildman–Crippen LogP) is 3.65. The SMILES string of the molecule is COc1ccccc1N1CCN([C@@H](CNC(=O)C2CCCCC2)c2cccnc2)CC1. The van der Waals surface area contributed by atoms with Gasteiger partial charge in [-0.15, -0.1) is 0 Å². The van der Waals surface area contributed by atoms with Crippen LogP contribution in [0.1, 0.15) is 43.7 Å². The van der Waals surface area contributed by atoms with Crippen molar-refractivity contribution >= 4 is 11.6 Å². The van der Waals surface area contributed by atoms with E-state index < -0.39 is 0 Å².